The van der Waals surface area contributed by atoms with Crippen LogP contribution in [0.25, 0.3) is 0 Å². The molecule has 0 saturated heterocycles. The molecule has 0 spiro atoms. The van der Waals surface area contributed by atoms with Gasteiger partial charge in [-0.3, -0.25) is 4.79 Å². The first-order valence-electron chi connectivity index (χ1n) is 4.58. The number of carbonyl (C=O) groups excluding carboxylic acids is 1. The summed E-state index contributed by atoms with van der Waals surface area (Å²) in [6.45, 7) is -0.427. The van der Waals surface area contributed by atoms with E-state index in [2.05, 4.69) is 0 Å². The Balaban J connectivity index is 3.13. The van der Waals surface area contributed by atoms with Crippen LogP contribution < -0.4 is 11.5 Å². The molecule has 0 radical (unpaired) electrons. The average molecular weight is 259 g/mol. The monoisotopic (exact) mass is 259 g/mol. The van der Waals surface area contributed by atoms with Gasteiger partial charge in [0.05, 0.1) is 17.1 Å². The fourth-order valence-corrected chi connectivity index (χ4v) is 2.35. The van der Waals surface area contributed by atoms with E-state index in [0.717, 1.165) is 10.4 Å². The van der Waals surface area contributed by atoms with Gasteiger partial charge < -0.3 is 16.6 Å². The third-order valence-corrected chi connectivity index (χ3v) is 3.89. The van der Waals surface area contributed by atoms with Crippen LogP contribution in [0.5, 0.6) is 5.75 Å². The van der Waals surface area contributed by atoms with Crippen molar-refractivity contribution < 1.29 is 18.3 Å². The van der Waals surface area contributed by atoms with Crippen LogP contribution >= 0.6 is 0 Å². The highest BCUT2D eigenvalue weighted by Crippen LogP contribution is 2.24. The molecule has 0 fully saturated rings. The van der Waals surface area contributed by atoms with Crippen molar-refractivity contribution >= 4 is 21.6 Å². The van der Waals surface area contributed by atoms with Gasteiger partial charge in [-0.25, -0.2) is 8.42 Å². The predicted molar refractivity (Wildman–Crippen MR) is 61.5 cm³/mol. The SMILES string of the molecule is CN(CC(N)=O)S(=O)(=O)c1ccc(O)c(N)c1. The number of hydrogen-bond donors (Lipinski definition) is 3. The Morgan fingerprint density at radius 3 is 2.53 bits per heavy atom. The maximum Gasteiger partial charge on any atom is 0.243 e. The normalized spacial score (nSPS) is 11.6. The molecular formula is C9H13N3O4S. The van der Waals surface area contributed by atoms with Crippen LogP contribution in [0.15, 0.2) is 23.1 Å². The number of aromatic hydroxyl groups is 1. The molecule has 17 heavy (non-hydrogen) atoms. The molecule has 94 valence electrons. The van der Waals surface area contributed by atoms with Crippen molar-refractivity contribution in [3.63, 3.8) is 0 Å². The molecule has 1 aromatic rings. The Morgan fingerprint density at radius 1 is 1.47 bits per heavy atom. The number of likely N-dealkylation sites (N-methyl/N-ethyl adjacent to an activating group) is 1. The van der Waals surface area contributed by atoms with Crippen molar-refractivity contribution in [3.8, 4) is 5.75 Å². The molecule has 0 aliphatic carbocycles. The summed E-state index contributed by atoms with van der Waals surface area (Å²) in [7, 11) is -2.61. The van der Waals surface area contributed by atoms with Crippen molar-refractivity contribution in [2.75, 3.05) is 19.3 Å². The summed E-state index contributed by atoms with van der Waals surface area (Å²) in [6.07, 6.45) is 0. The number of primary amides is 1. The number of carbonyl (C=O) groups is 1. The molecule has 0 heterocycles. The number of anilines is 1. The number of amides is 1. The first-order valence-corrected chi connectivity index (χ1v) is 6.02. The molecule has 0 unspecified atom stereocenters. The van der Waals surface area contributed by atoms with Gasteiger partial charge in [-0.15, -0.1) is 0 Å². The molecule has 0 aliphatic rings. The zero-order valence-corrected chi connectivity index (χ0v) is 9.94. The van der Waals surface area contributed by atoms with E-state index < -0.39 is 22.5 Å². The Morgan fingerprint density at radius 2 is 2.06 bits per heavy atom. The molecule has 1 rings (SSSR count). The number of sulfonamides is 1. The minimum Gasteiger partial charge on any atom is -0.506 e. The Kier molecular flexibility index (Phi) is 3.59. The lowest BCUT2D eigenvalue weighted by Crippen LogP contribution is -2.35. The zero-order valence-electron chi connectivity index (χ0n) is 9.12. The van der Waals surface area contributed by atoms with Gasteiger partial charge in [0.15, 0.2) is 0 Å². The number of phenols is 1. The summed E-state index contributed by atoms with van der Waals surface area (Å²) >= 11 is 0. The van der Waals surface area contributed by atoms with Crippen LogP contribution in [-0.2, 0) is 14.8 Å². The summed E-state index contributed by atoms with van der Waals surface area (Å²) in [5.41, 5.74) is 10.2. The van der Waals surface area contributed by atoms with Crippen molar-refractivity contribution in [2.45, 2.75) is 4.90 Å². The fraction of sp³-hybridized carbons (Fsp3) is 0.222. The molecular weight excluding hydrogens is 246 g/mol. The molecule has 1 aromatic carbocycles. The molecule has 7 nitrogen and oxygen atoms in total. The summed E-state index contributed by atoms with van der Waals surface area (Å²) in [5, 5.41) is 9.19. The largest absolute Gasteiger partial charge is 0.506 e. The third-order valence-electron chi connectivity index (χ3n) is 2.09. The first-order chi connectivity index (χ1) is 7.75. The van der Waals surface area contributed by atoms with E-state index in [4.69, 9.17) is 11.5 Å². The lowest BCUT2D eigenvalue weighted by atomic mass is 10.3. The molecule has 0 saturated carbocycles. The van der Waals surface area contributed by atoms with E-state index in [-0.39, 0.29) is 16.3 Å². The Labute approximate surface area is 98.7 Å². The second kappa shape index (κ2) is 4.60. The third kappa shape index (κ3) is 2.86. The number of nitrogen functional groups attached to an aromatic ring is 1. The van der Waals surface area contributed by atoms with Gasteiger partial charge in [0, 0.05) is 7.05 Å². The fourth-order valence-electron chi connectivity index (χ4n) is 1.18. The highest BCUT2D eigenvalue weighted by atomic mass is 32.2. The molecule has 0 atom stereocenters. The van der Waals surface area contributed by atoms with E-state index in [1.807, 2.05) is 0 Å². The van der Waals surface area contributed by atoms with Crippen LogP contribution in [0.4, 0.5) is 5.69 Å². The Hall–Kier alpha value is -1.80. The number of hydrogen-bond acceptors (Lipinski definition) is 5. The highest BCUT2D eigenvalue weighted by Gasteiger charge is 2.22. The standard InChI is InChI=1S/C9H13N3O4S/c1-12(5-9(11)14)17(15,16)6-2-3-8(13)7(10)4-6/h2-4,13H,5,10H2,1H3,(H2,11,14). The van der Waals surface area contributed by atoms with Gasteiger partial charge in [-0.05, 0) is 18.2 Å². The summed E-state index contributed by atoms with van der Waals surface area (Å²) < 4.78 is 24.6. The van der Waals surface area contributed by atoms with Gasteiger partial charge in [-0.2, -0.15) is 4.31 Å². The van der Waals surface area contributed by atoms with Gasteiger partial charge in [0.2, 0.25) is 15.9 Å². The second-order valence-electron chi connectivity index (χ2n) is 3.45. The number of nitrogens with two attached hydrogens (primary N) is 2. The molecule has 0 bridgehead atoms. The zero-order chi connectivity index (χ0) is 13.2. The van der Waals surface area contributed by atoms with E-state index in [0.29, 0.717) is 0 Å². The average Bonchev–Trinajstić information content (AvgIpc) is 2.20. The molecule has 0 aliphatic heterocycles. The lowest BCUT2D eigenvalue weighted by Gasteiger charge is -2.15. The molecule has 5 N–H and O–H groups in total. The van der Waals surface area contributed by atoms with E-state index in [1.165, 1.54) is 19.2 Å². The number of rotatable bonds is 4. The van der Waals surface area contributed by atoms with Gasteiger partial charge in [-0.1, -0.05) is 0 Å². The van der Waals surface area contributed by atoms with Crippen molar-refractivity contribution in [1.29, 1.82) is 0 Å². The van der Waals surface area contributed by atoms with E-state index in [9.17, 15) is 18.3 Å². The van der Waals surface area contributed by atoms with E-state index >= 15 is 0 Å². The van der Waals surface area contributed by atoms with Crippen LogP contribution in [0.3, 0.4) is 0 Å². The molecule has 1 amide bonds. The van der Waals surface area contributed by atoms with Crippen molar-refractivity contribution in [3.05, 3.63) is 18.2 Å². The summed E-state index contributed by atoms with van der Waals surface area (Å²) in [4.78, 5) is 10.5. The van der Waals surface area contributed by atoms with Crippen LogP contribution in [0.1, 0.15) is 0 Å². The van der Waals surface area contributed by atoms with Crippen LogP contribution in [0.2, 0.25) is 0 Å². The first kappa shape index (κ1) is 13.3. The maximum atomic E-state index is 11.9. The maximum absolute atomic E-state index is 11.9. The second-order valence-corrected chi connectivity index (χ2v) is 5.49. The van der Waals surface area contributed by atoms with Gasteiger partial charge >= 0.3 is 0 Å². The lowest BCUT2D eigenvalue weighted by molar-refractivity contribution is -0.118. The predicted octanol–water partition coefficient (Wildman–Crippen LogP) is -0.920. The minimum atomic E-state index is -3.83. The summed E-state index contributed by atoms with van der Waals surface area (Å²) in [5.74, 6) is -0.968. The number of nitrogens with zero attached hydrogens (tertiary/aromatic N) is 1. The quantitative estimate of drug-likeness (QED) is 0.476. The minimum absolute atomic E-state index is 0.0569. The van der Waals surface area contributed by atoms with Crippen molar-refractivity contribution in [1.82, 2.24) is 4.31 Å². The topological polar surface area (TPSA) is 127 Å². The molecule has 8 heteroatoms. The Bertz CT molecular complexity index is 541. The van der Waals surface area contributed by atoms with Crippen LogP contribution in [-0.4, -0.2) is 37.3 Å². The van der Waals surface area contributed by atoms with E-state index in [1.54, 1.807) is 0 Å². The summed E-state index contributed by atoms with van der Waals surface area (Å²) in [6, 6.07) is 3.47. The smallest absolute Gasteiger partial charge is 0.243 e. The van der Waals surface area contributed by atoms with Crippen LogP contribution in [0, 0.1) is 0 Å². The van der Waals surface area contributed by atoms with Gasteiger partial charge in [0.1, 0.15) is 5.75 Å². The number of benzene rings is 1. The van der Waals surface area contributed by atoms with Gasteiger partial charge in [0.25, 0.3) is 0 Å². The van der Waals surface area contributed by atoms with Crippen molar-refractivity contribution in [2.24, 2.45) is 5.73 Å². The molecule has 0 aromatic heterocycles. The highest BCUT2D eigenvalue weighted by molar-refractivity contribution is 7.89. The number of phenolic OH excluding ortho intramolecular Hbond substituents is 1.